The first kappa shape index (κ1) is 20.4. The molecule has 0 spiro atoms. The van der Waals surface area contributed by atoms with Gasteiger partial charge in [0.15, 0.2) is 16.7 Å². The molecule has 0 saturated carbocycles. The van der Waals surface area contributed by atoms with Gasteiger partial charge in [0.2, 0.25) is 0 Å². The third-order valence-corrected chi connectivity index (χ3v) is 5.85. The van der Waals surface area contributed by atoms with Gasteiger partial charge in [0.25, 0.3) is 5.91 Å². The molecule has 3 rings (SSSR count). The zero-order valence-electron chi connectivity index (χ0n) is 16.3. The van der Waals surface area contributed by atoms with E-state index in [1.54, 1.807) is 30.8 Å². The first-order valence-electron chi connectivity index (χ1n) is 8.77. The highest BCUT2D eigenvalue weighted by Crippen LogP contribution is 2.35. The summed E-state index contributed by atoms with van der Waals surface area (Å²) in [6.07, 6.45) is 3.88. The molecular weight excluding hydrogens is 392 g/mol. The van der Waals surface area contributed by atoms with Crippen molar-refractivity contribution in [2.45, 2.75) is 11.8 Å². The molecule has 146 valence electrons. The topological polar surface area (TPSA) is 51.1 Å². The molecule has 0 aliphatic carbocycles. The van der Waals surface area contributed by atoms with Crippen LogP contribution in [0.4, 0.5) is 5.69 Å². The number of ether oxygens (including phenoxy) is 2. The Bertz CT molecular complexity index is 941. The van der Waals surface area contributed by atoms with Crippen molar-refractivity contribution in [1.29, 1.82) is 0 Å². The molecule has 1 aliphatic heterocycles. The number of likely N-dealkylation sites (N-methyl/N-ethyl adjacent to an activating group) is 1. The van der Waals surface area contributed by atoms with Crippen LogP contribution in [0, 0.1) is 0 Å². The van der Waals surface area contributed by atoms with E-state index in [-0.39, 0.29) is 5.91 Å². The lowest BCUT2D eigenvalue weighted by Gasteiger charge is -2.09. The monoisotopic (exact) mass is 414 g/mol. The lowest BCUT2D eigenvalue weighted by atomic mass is 10.2. The van der Waals surface area contributed by atoms with Gasteiger partial charge in [0.05, 0.1) is 24.3 Å². The van der Waals surface area contributed by atoms with Crippen LogP contribution in [-0.4, -0.2) is 43.0 Å². The quantitative estimate of drug-likeness (QED) is 0.489. The Balaban J connectivity index is 1.87. The Hall–Kier alpha value is -2.38. The highest BCUT2D eigenvalue weighted by atomic mass is 32.2. The number of carbonyl (C=O) groups excluding carboxylic acids is 1. The Kier molecular flexibility index (Phi) is 6.70. The summed E-state index contributed by atoms with van der Waals surface area (Å²) in [6, 6.07) is 13.6. The lowest BCUT2D eigenvalue weighted by Crippen LogP contribution is -2.23. The molecule has 7 heteroatoms. The van der Waals surface area contributed by atoms with Crippen LogP contribution in [0.3, 0.4) is 0 Å². The smallest absolute Gasteiger partial charge is 0.266 e. The summed E-state index contributed by atoms with van der Waals surface area (Å²) >= 11 is 3.03. The van der Waals surface area contributed by atoms with E-state index < -0.39 is 0 Å². The van der Waals surface area contributed by atoms with Crippen molar-refractivity contribution in [3.05, 3.63) is 52.9 Å². The van der Waals surface area contributed by atoms with Gasteiger partial charge in [0.1, 0.15) is 0 Å². The van der Waals surface area contributed by atoms with Crippen molar-refractivity contribution in [2.75, 3.05) is 27.0 Å². The Labute approximate surface area is 173 Å². The lowest BCUT2D eigenvalue weighted by molar-refractivity contribution is -0.121. The average molecular weight is 415 g/mol. The number of benzene rings is 2. The van der Waals surface area contributed by atoms with Gasteiger partial charge in [0, 0.05) is 11.9 Å². The molecular formula is C21H22N2O3S2. The Morgan fingerprint density at radius 3 is 2.75 bits per heavy atom. The minimum Gasteiger partial charge on any atom is -0.493 e. The van der Waals surface area contributed by atoms with Crippen LogP contribution in [0.1, 0.15) is 12.5 Å². The summed E-state index contributed by atoms with van der Waals surface area (Å²) in [6.45, 7) is 2.49. The van der Waals surface area contributed by atoms with Gasteiger partial charge < -0.3 is 9.47 Å². The zero-order chi connectivity index (χ0) is 20.1. The molecule has 0 radical (unpaired) electrons. The van der Waals surface area contributed by atoms with E-state index in [1.165, 1.54) is 11.8 Å². The third-order valence-electron chi connectivity index (χ3n) is 4.07. The predicted octanol–water partition coefficient (Wildman–Crippen LogP) is 5.05. The van der Waals surface area contributed by atoms with E-state index >= 15 is 0 Å². The Morgan fingerprint density at radius 2 is 2.04 bits per heavy atom. The van der Waals surface area contributed by atoms with Crippen LogP contribution < -0.4 is 9.47 Å². The number of amidine groups is 1. The van der Waals surface area contributed by atoms with Gasteiger partial charge in [-0.2, -0.15) is 0 Å². The molecule has 0 unspecified atom stereocenters. The number of amides is 1. The second-order valence-electron chi connectivity index (χ2n) is 5.91. The minimum absolute atomic E-state index is 0.0716. The molecule has 5 nitrogen and oxygen atoms in total. The number of thioether (sulfide) groups is 2. The van der Waals surface area contributed by atoms with Crippen molar-refractivity contribution in [3.8, 4) is 11.5 Å². The molecule has 2 aromatic carbocycles. The number of nitrogens with zero attached hydrogens (tertiary/aromatic N) is 2. The predicted molar refractivity (Wildman–Crippen MR) is 118 cm³/mol. The van der Waals surface area contributed by atoms with Gasteiger partial charge >= 0.3 is 0 Å². The number of aliphatic imine (C=N–C) groups is 1. The molecule has 1 amide bonds. The largest absolute Gasteiger partial charge is 0.493 e. The minimum atomic E-state index is -0.0716. The third kappa shape index (κ3) is 4.54. The molecule has 0 aromatic heterocycles. The molecule has 1 saturated heterocycles. The van der Waals surface area contributed by atoms with Crippen molar-refractivity contribution >= 4 is 46.4 Å². The van der Waals surface area contributed by atoms with Crippen molar-refractivity contribution in [3.63, 3.8) is 0 Å². The first-order valence-corrected chi connectivity index (χ1v) is 10.8. The summed E-state index contributed by atoms with van der Waals surface area (Å²) in [4.78, 5) is 20.6. The summed E-state index contributed by atoms with van der Waals surface area (Å²) < 4.78 is 10.9. The molecule has 1 fully saturated rings. The second kappa shape index (κ2) is 9.21. The molecule has 28 heavy (non-hydrogen) atoms. The van der Waals surface area contributed by atoms with Gasteiger partial charge in [-0.05, 0) is 66.9 Å². The fraction of sp³-hybridized carbons (Fsp3) is 0.238. The van der Waals surface area contributed by atoms with Crippen molar-refractivity contribution in [1.82, 2.24) is 4.90 Å². The van der Waals surface area contributed by atoms with Crippen molar-refractivity contribution in [2.24, 2.45) is 4.99 Å². The average Bonchev–Trinajstić information content (AvgIpc) is 2.97. The standard InChI is InChI=1S/C21H22N2O3S2/c1-5-26-17-10-9-14(11-18(17)25-3)12-19-20(24)23(2)21(28-19)22-15-7-6-8-16(13-15)27-4/h6-13H,5H2,1-4H3/b19-12+,22-21?. The SMILES string of the molecule is CCOc1ccc(/C=C2/SC(=Nc3cccc(SC)c3)N(C)C2=O)cc1OC. The number of hydrogen-bond acceptors (Lipinski definition) is 6. The van der Waals surface area contributed by atoms with Crippen LogP contribution in [-0.2, 0) is 4.79 Å². The van der Waals surface area contributed by atoms with Gasteiger partial charge in [-0.3, -0.25) is 9.69 Å². The normalized spacial score (nSPS) is 16.9. The summed E-state index contributed by atoms with van der Waals surface area (Å²) in [5.41, 5.74) is 1.70. The molecule has 2 aromatic rings. The molecule has 1 heterocycles. The number of rotatable bonds is 6. The molecule has 0 bridgehead atoms. The first-order chi connectivity index (χ1) is 13.5. The zero-order valence-corrected chi connectivity index (χ0v) is 17.9. The van der Waals surface area contributed by atoms with Gasteiger partial charge in [-0.1, -0.05) is 12.1 Å². The number of hydrogen-bond donors (Lipinski definition) is 0. The maximum absolute atomic E-state index is 12.7. The number of methoxy groups -OCH3 is 1. The summed E-state index contributed by atoms with van der Waals surface area (Å²) in [5, 5.41) is 0.660. The fourth-order valence-electron chi connectivity index (χ4n) is 2.64. The van der Waals surface area contributed by atoms with E-state index in [0.29, 0.717) is 28.2 Å². The highest BCUT2D eigenvalue weighted by molar-refractivity contribution is 8.18. The van der Waals surface area contributed by atoms with Gasteiger partial charge in [-0.15, -0.1) is 11.8 Å². The van der Waals surface area contributed by atoms with E-state index in [2.05, 4.69) is 4.99 Å². The second-order valence-corrected chi connectivity index (χ2v) is 7.80. The van der Waals surface area contributed by atoms with Crippen LogP contribution in [0.5, 0.6) is 11.5 Å². The molecule has 0 N–H and O–H groups in total. The summed E-state index contributed by atoms with van der Waals surface area (Å²) in [7, 11) is 3.34. The van der Waals surface area contributed by atoms with E-state index in [9.17, 15) is 4.79 Å². The van der Waals surface area contributed by atoms with E-state index in [0.717, 1.165) is 16.1 Å². The van der Waals surface area contributed by atoms with Crippen LogP contribution in [0.15, 0.2) is 57.3 Å². The maximum Gasteiger partial charge on any atom is 0.266 e. The highest BCUT2D eigenvalue weighted by Gasteiger charge is 2.30. The van der Waals surface area contributed by atoms with Crippen LogP contribution in [0.25, 0.3) is 6.08 Å². The van der Waals surface area contributed by atoms with Gasteiger partial charge in [-0.25, -0.2) is 4.99 Å². The molecule has 0 atom stereocenters. The summed E-state index contributed by atoms with van der Waals surface area (Å²) in [5.74, 6) is 1.26. The maximum atomic E-state index is 12.7. The van der Waals surface area contributed by atoms with Crippen molar-refractivity contribution < 1.29 is 14.3 Å². The van der Waals surface area contributed by atoms with E-state index in [4.69, 9.17) is 9.47 Å². The fourth-order valence-corrected chi connectivity index (χ4v) is 4.08. The van der Waals surface area contributed by atoms with Crippen LogP contribution in [0.2, 0.25) is 0 Å². The Morgan fingerprint density at radius 1 is 1.21 bits per heavy atom. The van der Waals surface area contributed by atoms with E-state index in [1.807, 2.05) is 61.7 Å². The number of carbonyl (C=O) groups is 1. The van der Waals surface area contributed by atoms with Crippen LogP contribution >= 0.6 is 23.5 Å². The molecule has 1 aliphatic rings.